The summed E-state index contributed by atoms with van der Waals surface area (Å²) < 4.78 is 28.4. The first-order valence-electron chi connectivity index (χ1n) is 6.15. The van der Waals surface area contributed by atoms with Crippen molar-refractivity contribution in [2.45, 2.75) is 25.3 Å². The number of aromatic nitrogens is 2. The summed E-state index contributed by atoms with van der Waals surface area (Å²) in [7, 11) is -3.53. The van der Waals surface area contributed by atoms with Crippen LogP contribution in [0.1, 0.15) is 11.4 Å². The SMILES string of the molecule is Cc1cc(C)n(CCNS(=O)(=O)c2cccc(Cl)c2)n1. The molecule has 20 heavy (non-hydrogen) atoms. The molecule has 5 nitrogen and oxygen atoms in total. The zero-order chi connectivity index (χ0) is 14.8. The second kappa shape index (κ2) is 5.95. The predicted octanol–water partition coefficient (Wildman–Crippen LogP) is 2.13. The number of hydrogen-bond donors (Lipinski definition) is 1. The van der Waals surface area contributed by atoms with Gasteiger partial charge in [0.05, 0.1) is 17.1 Å². The minimum absolute atomic E-state index is 0.165. The first-order chi connectivity index (χ1) is 9.38. The molecule has 0 aliphatic carbocycles. The maximum atomic E-state index is 12.1. The van der Waals surface area contributed by atoms with Crippen LogP contribution in [0.2, 0.25) is 5.02 Å². The van der Waals surface area contributed by atoms with Gasteiger partial charge in [-0.2, -0.15) is 5.10 Å². The number of benzene rings is 1. The second-order valence-electron chi connectivity index (χ2n) is 4.51. The third-order valence-electron chi connectivity index (χ3n) is 2.83. The van der Waals surface area contributed by atoms with Gasteiger partial charge >= 0.3 is 0 Å². The van der Waals surface area contributed by atoms with Gasteiger partial charge in [-0.15, -0.1) is 0 Å². The number of sulfonamides is 1. The van der Waals surface area contributed by atoms with Crippen LogP contribution in [-0.2, 0) is 16.6 Å². The summed E-state index contributed by atoms with van der Waals surface area (Å²) in [5, 5.41) is 4.67. The Kier molecular flexibility index (Phi) is 4.47. The van der Waals surface area contributed by atoms with Crippen molar-refractivity contribution < 1.29 is 8.42 Å². The Morgan fingerprint density at radius 3 is 2.65 bits per heavy atom. The highest BCUT2D eigenvalue weighted by molar-refractivity contribution is 7.89. The Balaban J connectivity index is 2.01. The molecule has 0 atom stereocenters. The highest BCUT2D eigenvalue weighted by Crippen LogP contribution is 2.15. The van der Waals surface area contributed by atoms with E-state index in [0.29, 0.717) is 11.6 Å². The minimum Gasteiger partial charge on any atom is -0.268 e. The van der Waals surface area contributed by atoms with Crippen LogP contribution in [-0.4, -0.2) is 24.7 Å². The van der Waals surface area contributed by atoms with E-state index in [4.69, 9.17) is 11.6 Å². The first-order valence-corrected chi connectivity index (χ1v) is 8.01. The summed E-state index contributed by atoms with van der Waals surface area (Å²) >= 11 is 5.80. The molecule has 1 aromatic heterocycles. The molecular formula is C13H16ClN3O2S. The van der Waals surface area contributed by atoms with E-state index in [1.54, 1.807) is 16.8 Å². The first kappa shape index (κ1) is 15.0. The third kappa shape index (κ3) is 3.59. The van der Waals surface area contributed by atoms with Crippen molar-refractivity contribution in [3.8, 4) is 0 Å². The molecule has 2 aromatic rings. The lowest BCUT2D eigenvalue weighted by Gasteiger charge is -2.08. The Bertz CT molecular complexity index is 710. The lowest BCUT2D eigenvalue weighted by Crippen LogP contribution is -2.28. The fourth-order valence-electron chi connectivity index (χ4n) is 1.90. The molecule has 2 rings (SSSR count). The van der Waals surface area contributed by atoms with Crippen molar-refractivity contribution in [2.24, 2.45) is 0 Å². The fraction of sp³-hybridized carbons (Fsp3) is 0.308. The molecule has 7 heteroatoms. The van der Waals surface area contributed by atoms with Crippen molar-refractivity contribution in [2.75, 3.05) is 6.54 Å². The van der Waals surface area contributed by atoms with Crippen molar-refractivity contribution in [1.29, 1.82) is 0 Å². The van der Waals surface area contributed by atoms with Crippen LogP contribution in [0, 0.1) is 13.8 Å². The molecule has 0 bridgehead atoms. The number of nitrogens with one attached hydrogen (secondary N) is 1. The minimum atomic E-state index is -3.53. The third-order valence-corrected chi connectivity index (χ3v) is 4.52. The molecule has 0 unspecified atom stereocenters. The van der Waals surface area contributed by atoms with Crippen molar-refractivity contribution in [3.63, 3.8) is 0 Å². The summed E-state index contributed by atoms with van der Waals surface area (Å²) in [6.45, 7) is 4.60. The number of rotatable bonds is 5. The van der Waals surface area contributed by atoms with E-state index in [1.807, 2.05) is 19.9 Å². The van der Waals surface area contributed by atoms with Crippen molar-refractivity contribution in [1.82, 2.24) is 14.5 Å². The van der Waals surface area contributed by atoms with E-state index in [0.717, 1.165) is 11.4 Å². The fourth-order valence-corrected chi connectivity index (χ4v) is 3.23. The number of halogens is 1. The average Bonchev–Trinajstić information content (AvgIpc) is 2.68. The maximum absolute atomic E-state index is 12.1. The van der Waals surface area contributed by atoms with Crippen LogP contribution < -0.4 is 4.72 Å². The number of hydrogen-bond acceptors (Lipinski definition) is 3. The molecule has 0 amide bonds. The summed E-state index contributed by atoms with van der Waals surface area (Å²) in [5.41, 5.74) is 1.92. The summed E-state index contributed by atoms with van der Waals surface area (Å²) in [6.07, 6.45) is 0. The molecule has 108 valence electrons. The van der Waals surface area contributed by atoms with Gasteiger partial charge in [0, 0.05) is 17.3 Å². The van der Waals surface area contributed by atoms with Crippen LogP contribution in [0.5, 0.6) is 0 Å². The van der Waals surface area contributed by atoms with Gasteiger partial charge in [-0.25, -0.2) is 13.1 Å². The van der Waals surface area contributed by atoms with E-state index in [1.165, 1.54) is 12.1 Å². The summed E-state index contributed by atoms with van der Waals surface area (Å²) in [6, 6.07) is 8.13. The van der Waals surface area contributed by atoms with Gasteiger partial charge in [-0.05, 0) is 38.1 Å². The standard InChI is InChI=1S/C13H16ClN3O2S/c1-10-8-11(2)17(16-10)7-6-15-20(18,19)13-5-3-4-12(14)9-13/h3-5,8-9,15H,6-7H2,1-2H3. The molecule has 1 N–H and O–H groups in total. The highest BCUT2D eigenvalue weighted by Gasteiger charge is 2.13. The van der Waals surface area contributed by atoms with Gasteiger partial charge in [0.1, 0.15) is 0 Å². The number of aryl methyl sites for hydroxylation is 2. The van der Waals surface area contributed by atoms with Gasteiger partial charge < -0.3 is 0 Å². The smallest absolute Gasteiger partial charge is 0.240 e. The normalized spacial score (nSPS) is 11.8. The van der Waals surface area contributed by atoms with E-state index >= 15 is 0 Å². The zero-order valence-corrected chi connectivity index (χ0v) is 12.9. The average molecular weight is 314 g/mol. The molecule has 1 heterocycles. The van der Waals surface area contributed by atoms with Gasteiger partial charge in [0.15, 0.2) is 0 Å². The van der Waals surface area contributed by atoms with E-state index in [9.17, 15) is 8.42 Å². The lowest BCUT2D eigenvalue weighted by atomic mass is 10.4. The van der Waals surface area contributed by atoms with E-state index in [-0.39, 0.29) is 11.4 Å². The largest absolute Gasteiger partial charge is 0.268 e. The molecule has 0 spiro atoms. The van der Waals surface area contributed by atoms with Gasteiger partial charge in [-0.3, -0.25) is 4.68 Å². The Hall–Kier alpha value is -1.37. The van der Waals surface area contributed by atoms with Crippen LogP contribution >= 0.6 is 11.6 Å². The molecule has 0 radical (unpaired) electrons. The zero-order valence-electron chi connectivity index (χ0n) is 11.3. The predicted molar refractivity (Wildman–Crippen MR) is 78.3 cm³/mol. The van der Waals surface area contributed by atoms with E-state index < -0.39 is 10.0 Å². The van der Waals surface area contributed by atoms with Crippen LogP contribution in [0.25, 0.3) is 0 Å². The second-order valence-corrected chi connectivity index (χ2v) is 6.71. The Labute approximate surface area is 123 Å². The molecule has 0 aliphatic rings. The van der Waals surface area contributed by atoms with Crippen LogP contribution in [0.15, 0.2) is 35.2 Å². The number of nitrogens with zero attached hydrogens (tertiary/aromatic N) is 2. The van der Waals surface area contributed by atoms with Gasteiger partial charge in [0.2, 0.25) is 10.0 Å². The molecule has 0 aliphatic heterocycles. The Morgan fingerprint density at radius 1 is 1.30 bits per heavy atom. The molecule has 0 fully saturated rings. The highest BCUT2D eigenvalue weighted by atomic mass is 35.5. The summed E-state index contributed by atoms with van der Waals surface area (Å²) in [4.78, 5) is 0.165. The molecule has 0 saturated carbocycles. The van der Waals surface area contributed by atoms with Gasteiger partial charge in [0.25, 0.3) is 0 Å². The Morgan fingerprint density at radius 2 is 2.05 bits per heavy atom. The lowest BCUT2D eigenvalue weighted by molar-refractivity contribution is 0.554. The van der Waals surface area contributed by atoms with Crippen molar-refractivity contribution >= 4 is 21.6 Å². The molecule has 1 aromatic carbocycles. The monoisotopic (exact) mass is 313 g/mol. The van der Waals surface area contributed by atoms with Gasteiger partial charge in [-0.1, -0.05) is 17.7 Å². The summed E-state index contributed by atoms with van der Waals surface area (Å²) in [5.74, 6) is 0. The topological polar surface area (TPSA) is 64.0 Å². The van der Waals surface area contributed by atoms with Crippen LogP contribution in [0.4, 0.5) is 0 Å². The maximum Gasteiger partial charge on any atom is 0.240 e. The van der Waals surface area contributed by atoms with Crippen LogP contribution in [0.3, 0.4) is 0 Å². The quantitative estimate of drug-likeness (QED) is 0.919. The molecule has 0 saturated heterocycles. The van der Waals surface area contributed by atoms with Crippen molar-refractivity contribution in [3.05, 3.63) is 46.7 Å². The van der Waals surface area contributed by atoms with E-state index in [2.05, 4.69) is 9.82 Å². The molecular weight excluding hydrogens is 298 g/mol.